The summed E-state index contributed by atoms with van der Waals surface area (Å²) < 4.78 is 0. The van der Waals surface area contributed by atoms with Gasteiger partial charge in [0.2, 0.25) is 0 Å². The second kappa shape index (κ2) is 8.12. The molecule has 11 heavy (non-hydrogen) atoms. The van der Waals surface area contributed by atoms with Crippen LogP contribution in [-0.2, 0) is 19.5 Å². The first-order chi connectivity index (χ1) is 5.00. The van der Waals surface area contributed by atoms with E-state index in [1.54, 1.807) is 22.7 Å². The van der Waals surface area contributed by atoms with E-state index in [9.17, 15) is 0 Å². The first kappa shape index (κ1) is 11.0. The Labute approximate surface area is 87.7 Å². The molecule has 0 spiro atoms. The molecule has 0 aliphatic heterocycles. The third-order valence-electron chi connectivity index (χ3n) is 0.758. The van der Waals surface area contributed by atoms with E-state index >= 15 is 0 Å². The molecule has 0 aliphatic rings. The van der Waals surface area contributed by atoms with E-state index in [1.165, 1.54) is 0 Å². The molecule has 0 atom stereocenters. The fourth-order valence-corrected chi connectivity index (χ4v) is 1.18. The van der Waals surface area contributed by atoms with Gasteiger partial charge in [0.05, 0.1) is 0 Å². The van der Waals surface area contributed by atoms with Crippen molar-refractivity contribution in [2.24, 2.45) is 0 Å². The van der Waals surface area contributed by atoms with Gasteiger partial charge in [-0.25, -0.2) is 12.1 Å². The van der Waals surface area contributed by atoms with E-state index in [4.69, 9.17) is 0 Å². The molecule has 0 unspecified atom stereocenters. The summed E-state index contributed by atoms with van der Waals surface area (Å²) in [6.07, 6.45) is 0. The van der Waals surface area contributed by atoms with Gasteiger partial charge in [-0.2, -0.15) is 22.9 Å². The van der Waals surface area contributed by atoms with Crippen LogP contribution in [0, 0.1) is 10.8 Å². The molecule has 2 aromatic rings. The van der Waals surface area contributed by atoms with Crippen LogP contribution in [0.5, 0.6) is 0 Å². The van der Waals surface area contributed by atoms with Crippen LogP contribution in [0.25, 0.3) is 0 Å². The summed E-state index contributed by atoms with van der Waals surface area (Å²) in [5.41, 5.74) is 0. The molecule has 3 heteroatoms. The van der Waals surface area contributed by atoms with E-state index < -0.39 is 0 Å². The van der Waals surface area contributed by atoms with Crippen molar-refractivity contribution >= 4 is 22.7 Å². The molecule has 0 saturated heterocycles. The first-order valence-corrected chi connectivity index (χ1v) is 4.55. The molecule has 2 rings (SSSR count). The zero-order valence-electron chi connectivity index (χ0n) is 5.63. The Bertz CT molecular complexity index is 151. The molecule has 0 amide bonds. The average molecular weight is 267 g/mol. The number of rotatable bonds is 0. The van der Waals surface area contributed by atoms with E-state index in [-0.39, 0.29) is 19.5 Å². The standard InChI is InChI=1S/2C4H3S.Ru/c2*1-2-4-5-3-1;/h2*1-3H;/q2*-1;+2. The van der Waals surface area contributed by atoms with Crippen molar-refractivity contribution in [3.63, 3.8) is 0 Å². The van der Waals surface area contributed by atoms with Gasteiger partial charge in [-0.05, 0) is 0 Å². The SMILES string of the molecule is [Ru+2].[c-]1cccs1.[c-]1cccs1. The van der Waals surface area contributed by atoms with Crippen molar-refractivity contribution in [3.05, 3.63) is 45.8 Å². The summed E-state index contributed by atoms with van der Waals surface area (Å²) in [5.74, 6) is 0. The van der Waals surface area contributed by atoms with Gasteiger partial charge < -0.3 is 22.7 Å². The smallest absolute Gasteiger partial charge is 0.304 e. The molecule has 2 aromatic heterocycles. The average Bonchev–Trinajstić information content (AvgIpc) is 2.67. The normalized spacial score (nSPS) is 7.27. The Kier molecular flexibility index (Phi) is 8.14. The quantitative estimate of drug-likeness (QED) is 0.508. The maximum absolute atomic E-state index is 2.90. The van der Waals surface area contributed by atoms with Gasteiger partial charge in [-0.15, -0.1) is 10.8 Å². The molecule has 2 heterocycles. The summed E-state index contributed by atoms with van der Waals surface area (Å²) in [6.45, 7) is 0. The Morgan fingerprint density at radius 1 is 0.818 bits per heavy atom. The van der Waals surface area contributed by atoms with Gasteiger partial charge in [0.25, 0.3) is 0 Å². The third kappa shape index (κ3) is 6.42. The summed E-state index contributed by atoms with van der Waals surface area (Å²) in [5, 5.41) is 9.78. The second-order valence-corrected chi connectivity index (χ2v) is 2.95. The summed E-state index contributed by atoms with van der Waals surface area (Å²) >= 11 is 3.18. The van der Waals surface area contributed by atoms with Crippen LogP contribution >= 0.6 is 22.7 Å². The van der Waals surface area contributed by atoms with Gasteiger partial charge in [-0.1, -0.05) is 0 Å². The summed E-state index contributed by atoms with van der Waals surface area (Å²) in [6, 6.07) is 7.71. The van der Waals surface area contributed by atoms with Crippen molar-refractivity contribution in [2.75, 3.05) is 0 Å². The maximum Gasteiger partial charge on any atom is 2.00 e. The zero-order valence-corrected chi connectivity index (χ0v) is 9.01. The van der Waals surface area contributed by atoms with E-state index in [1.807, 2.05) is 35.0 Å². The van der Waals surface area contributed by atoms with Gasteiger partial charge >= 0.3 is 19.5 Å². The van der Waals surface area contributed by atoms with Crippen molar-refractivity contribution in [3.8, 4) is 0 Å². The maximum atomic E-state index is 2.90. The number of hydrogen-bond acceptors (Lipinski definition) is 2. The second-order valence-electron chi connectivity index (χ2n) is 1.46. The van der Waals surface area contributed by atoms with Crippen LogP contribution in [0.2, 0.25) is 0 Å². The summed E-state index contributed by atoms with van der Waals surface area (Å²) in [4.78, 5) is 0. The van der Waals surface area contributed by atoms with Crippen molar-refractivity contribution in [1.29, 1.82) is 0 Å². The van der Waals surface area contributed by atoms with Crippen LogP contribution in [0.4, 0.5) is 0 Å². The van der Waals surface area contributed by atoms with Gasteiger partial charge in [0.1, 0.15) is 0 Å². The Morgan fingerprint density at radius 3 is 1.36 bits per heavy atom. The Balaban J connectivity index is 0.000000167. The van der Waals surface area contributed by atoms with Crippen molar-refractivity contribution < 1.29 is 19.5 Å². The monoisotopic (exact) mass is 268 g/mol. The largest absolute Gasteiger partial charge is 2.00 e. The molecule has 0 aromatic carbocycles. The molecule has 0 bridgehead atoms. The molecular formula is C8H6RuS2. The first-order valence-electron chi connectivity index (χ1n) is 2.79. The van der Waals surface area contributed by atoms with Gasteiger partial charge in [0.15, 0.2) is 0 Å². The predicted octanol–water partition coefficient (Wildman–Crippen LogP) is 3.09. The molecular weight excluding hydrogens is 261 g/mol. The van der Waals surface area contributed by atoms with Crippen LogP contribution in [-0.4, -0.2) is 0 Å². The van der Waals surface area contributed by atoms with Crippen LogP contribution < -0.4 is 0 Å². The van der Waals surface area contributed by atoms with E-state index in [0.717, 1.165) is 0 Å². The fraction of sp³-hybridized carbons (Fsp3) is 0. The summed E-state index contributed by atoms with van der Waals surface area (Å²) in [7, 11) is 0. The van der Waals surface area contributed by atoms with Crippen molar-refractivity contribution in [2.45, 2.75) is 0 Å². The van der Waals surface area contributed by atoms with Gasteiger partial charge in [0, 0.05) is 0 Å². The van der Waals surface area contributed by atoms with Crippen molar-refractivity contribution in [1.82, 2.24) is 0 Å². The van der Waals surface area contributed by atoms with Crippen LogP contribution in [0.15, 0.2) is 35.0 Å². The minimum absolute atomic E-state index is 0. The fourth-order valence-electron chi connectivity index (χ4n) is 0.393. The molecule has 0 N–H and O–H groups in total. The third-order valence-corrected chi connectivity index (χ3v) is 1.89. The van der Waals surface area contributed by atoms with Gasteiger partial charge in [-0.3, -0.25) is 0 Å². The minimum atomic E-state index is 0. The molecule has 0 radical (unpaired) electrons. The number of thiophene rings is 2. The Hall–Kier alpha value is 0.0234. The topological polar surface area (TPSA) is 0 Å². The van der Waals surface area contributed by atoms with Crippen LogP contribution in [0.1, 0.15) is 0 Å². The van der Waals surface area contributed by atoms with E-state index in [0.29, 0.717) is 0 Å². The molecule has 0 fully saturated rings. The Morgan fingerprint density at radius 2 is 1.27 bits per heavy atom. The molecule has 0 saturated carbocycles. The molecule has 0 aliphatic carbocycles. The zero-order chi connectivity index (χ0) is 7.07. The van der Waals surface area contributed by atoms with Crippen LogP contribution in [0.3, 0.4) is 0 Å². The number of hydrogen-bond donors (Lipinski definition) is 0. The van der Waals surface area contributed by atoms with E-state index in [2.05, 4.69) is 10.8 Å². The molecule has 0 nitrogen and oxygen atoms in total. The predicted molar refractivity (Wildman–Crippen MR) is 46.3 cm³/mol. The molecule has 58 valence electrons. The minimum Gasteiger partial charge on any atom is -0.304 e.